The molecule has 0 spiro atoms. The Morgan fingerprint density at radius 2 is 1.97 bits per heavy atom. The van der Waals surface area contributed by atoms with Gasteiger partial charge in [0.2, 0.25) is 0 Å². The molecule has 8 nitrogen and oxygen atoms in total. The van der Waals surface area contributed by atoms with Crippen molar-refractivity contribution < 1.29 is 5.11 Å². The average molecular weight is 414 g/mol. The molecule has 30 heavy (non-hydrogen) atoms. The first-order valence-electron chi connectivity index (χ1n) is 10.7. The SMILES string of the molecule is CC[C@H](NC1=Nc2c(ncn2C(C)C)C(C)(NCc2cnc(C)cc2C)N1)[C@@H](C)O. The van der Waals surface area contributed by atoms with E-state index in [4.69, 9.17) is 4.99 Å². The van der Waals surface area contributed by atoms with Crippen LogP contribution in [0.4, 0.5) is 5.82 Å². The fourth-order valence-electron chi connectivity index (χ4n) is 3.74. The molecule has 1 aliphatic heterocycles. The van der Waals surface area contributed by atoms with Crippen molar-refractivity contribution in [2.75, 3.05) is 0 Å². The Kier molecular flexibility index (Phi) is 6.47. The van der Waals surface area contributed by atoms with E-state index in [0.717, 1.165) is 29.2 Å². The molecule has 3 rings (SSSR count). The second-order valence-electron chi connectivity index (χ2n) is 8.63. The summed E-state index contributed by atoms with van der Waals surface area (Å²) in [6, 6.07) is 2.23. The third-order valence-corrected chi connectivity index (χ3v) is 5.72. The number of aromatic nitrogens is 3. The highest BCUT2D eigenvalue weighted by atomic mass is 16.3. The Labute approximate surface area is 179 Å². The Hall–Kier alpha value is -2.45. The summed E-state index contributed by atoms with van der Waals surface area (Å²) in [4.78, 5) is 13.9. The van der Waals surface area contributed by atoms with Crippen molar-refractivity contribution in [3.8, 4) is 0 Å². The number of fused-ring (bicyclic) bond motifs is 1. The van der Waals surface area contributed by atoms with Crippen LogP contribution in [0.25, 0.3) is 0 Å². The van der Waals surface area contributed by atoms with E-state index >= 15 is 0 Å². The van der Waals surface area contributed by atoms with Crippen LogP contribution in [0.15, 0.2) is 23.6 Å². The zero-order valence-electron chi connectivity index (χ0n) is 19.1. The lowest BCUT2D eigenvalue weighted by Gasteiger charge is -2.37. The summed E-state index contributed by atoms with van der Waals surface area (Å²) in [5.74, 6) is 1.45. The van der Waals surface area contributed by atoms with E-state index in [9.17, 15) is 5.11 Å². The van der Waals surface area contributed by atoms with Gasteiger partial charge in [-0.3, -0.25) is 10.3 Å². The van der Waals surface area contributed by atoms with E-state index in [-0.39, 0.29) is 12.1 Å². The second-order valence-corrected chi connectivity index (χ2v) is 8.63. The number of hydrogen-bond acceptors (Lipinski definition) is 7. The highest BCUT2D eigenvalue weighted by molar-refractivity contribution is 5.85. The Balaban J connectivity index is 1.93. The number of aliphatic hydroxyl groups is 1. The zero-order chi connectivity index (χ0) is 22.1. The molecule has 2 aromatic heterocycles. The van der Waals surface area contributed by atoms with E-state index in [0.29, 0.717) is 12.5 Å². The molecule has 4 N–H and O–H groups in total. The molecule has 3 atom stereocenters. The van der Waals surface area contributed by atoms with E-state index in [1.54, 1.807) is 6.92 Å². The number of aliphatic hydroxyl groups excluding tert-OH is 1. The van der Waals surface area contributed by atoms with Gasteiger partial charge in [0.05, 0.1) is 18.5 Å². The molecule has 0 saturated heterocycles. The topological polar surface area (TPSA) is 99.4 Å². The molecule has 3 heterocycles. The third kappa shape index (κ3) is 4.49. The Bertz CT molecular complexity index is 918. The van der Waals surface area contributed by atoms with E-state index in [2.05, 4.69) is 64.2 Å². The van der Waals surface area contributed by atoms with E-state index in [1.165, 1.54) is 5.56 Å². The van der Waals surface area contributed by atoms with Gasteiger partial charge in [-0.2, -0.15) is 4.99 Å². The van der Waals surface area contributed by atoms with Crippen molar-refractivity contribution in [3.05, 3.63) is 41.1 Å². The van der Waals surface area contributed by atoms with Crippen molar-refractivity contribution in [2.24, 2.45) is 4.99 Å². The molecule has 0 saturated carbocycles. The molecule has 1 unspecified atom stereocenters. The van der Waals surface area contributed by atoms with Crippen LogP contribution in [0.2, 0.25) is 0 Å². The number of aryl methyl sites for hydroxylation is 2. The maximum Gasteiger partial charge on any atom is 0.200 e. The highest BCUT2D eigenvalue weighted by Gasteiger charge is 2.38. The van der Waals surface area contributed by atoms with Crippen molar-refractivity contribution in [1.29, 1.82) is 0 Å². The minimum Gasteiger partial charge on any atom is -0.391 e. The lowest BCUT2D eigenvalue weighted by Crippen LogP contribution is -2.60. The molecule has 8 heteroatoms. The molecular formula is C22H35N7O. The van der Waals surface area contributed by atoms with Gasteiger partial charge in [-0.1, -0.05) is 6.92 Å². The normalized spacial score (nSPS) is 20.4. The fourth-order valence-corrected chi connectivity index (χ4v) is 3.74. The monoisotopic (exact) mass is 413 g/mol. The van der Waals surface area contributed by atoms with Crippen molar-refractivity contribution >= 4 is 11.8 Å². The molecule has 0 aromatic carbocycles. The van der Waals surface area contributed by atoms with Crippen molar-refractivity contribution in [3.63, 3.8) is 0 Å². The van der Waals surface area contributed by atoms with Gasteiger partial charge in [-0.25, -0.2) is 4.98 Å². The van der Waals surface area contributed by atoms with Crippen LogP contribution in [-0.4, -0.2) is 37.7 Å². The minimum absolute atomic E-state index is 0.0963. The predicted octanol–water partition coefficient (Wildman–Crippen LogP) is 2.78. The van der Waals surface area contributed by atoms with Gasteiger partial charge in [0.1, 0.15) is 11.4 Å². The number of pyridine rings is 1. The molecule has 0 radical (unpaired) electrons. The summed E-state index contributed by atoms with van der Waals surface area (Å²) >= 11 is 0. The molecule has 0 aliphatic carbocycles. The van der Waals surface area contributed by atoms with Crippen LogP contribution in [0.3, 0.4) is 0 Å². The summed E-state index contributed by atoms with van der Waals surface area (Å²) in [6.45, 7) is 14.9. The van der Waals surface area contributed by atoms with Crippen LogP contribution < -0.4 is 16.0 Å². The van der Waals surface area contributed by atoms with E-state index in [1.807, 2.05) is 26.4 Å². The molecule has 0 fully saturated rings. The van der Waals surface area contributed by atoms with Crippen LogP contribution in [0.5, 0.6) is 0 Å². The van der Waals surface area contributed by atoms with Gasteiger partial charge < -0.3 is 20.3 Å². The van der Waals surface area contributed by atoms with Gasteiger partial charge in [0, 0.05) is 24.5 Å². The first-order chi connectivity index (χ1) is 14.1. The number of nitrogens with one attached hydrogen (secondary N) is 3. The lowest BCUT2D eigenvalue weighted by atomic mass is 10.0. The first-order valence-corrected chi connectivity index (χ1v) is 10.7. The van der Waals surface area contributed by atoms with Crippen LogP contribution in [0.1, 0.15) is 69.6 Å². The molecule has 0 bridgehead atoms. The summed E-state index contributed by atoms with van der Waals surface area (Å²) in [6.07, 6.45) is 4.06. The maximum atomic E-state index is 10.1. The molecule has 1 aliphatic rings. The average Bonchev–Trinajstić information content (AvgIpc) is 3.10. The number of hydrogen-bond donors (Lipinski definition) is 4. The largest absolute Gasteiger partial charge is 0.391 e. The zero-order valence-corrected chi connectivity index (χ0v) is 19.1. The number of rotatable bonds is 7. The van der Waals surface area contributed by atoms with Crippen molar-refractivity contribution in [2.45, 2.75) is 85.3 Å². The molecular weight excluding hydrogens is 378 g/mol. The standard InChI is InChI=1S/C22H35N7O/c1-8-18(16(6)30)26-21-27-20-19(24-12-29(20)13(2)3)22(7,28-21)25-11-17-10-23-15(5)9-14(17)4/h9-10,12-13,16,18,25,30H,8,11H2,1-7H3,(H2,26,27,28)/t16-,18+,22?/m1/s1. The minimum atomic E-state index is -0.631. The van der Waals surface area contributed by atoms with Crippen molar-refractivity contribution in [1.82, 2.24) is 30.5 Å². The number of imidazole rings is 1. The van der Waals surface area contributed by atoms with Crippen LogP contribution in [-0.2, 0) is 12.2 Å². The smallest absolute Gasteiger partial charge is 0.200 e. The van der Waals surface area contributed by atoms with Crippen LogP contribution in [0, 0.1) is 13.8 Å². The molecule has 2 aromatic rings. The maximum absolute atomic E-state index is 10.1. The molecule has 164 valence electrons. The Morgan fingerprint density at radius 1 is 1.23 bits per heavy atom. The third-order valence-electron chi connectivity index (χ3n) is 5.72. The highest BCUT2D eigenvalue weighted by Crippen LogP contribution is 2.33. The summed E-state index contributed by atoms with van der Waals surface area (Å²) in [5, 5.41) is 20.6. The van der Waals surface area contributed by atoms with Gasteiger partial charge in [-0.05, 0) is 65.2 Å². The first kappa shape index (κ1) is 22.2. The Morgan fingerprint density at radius 3 is 2.57 bits per heavy atom. The summed E-state index contributed by atoms with van der Waals surface area (Å²) in [7, 11) is 0. The summed E-state index contributed by atoms with van der Waals surface area (Å²) in [5.41, 5.74) is 3.58. The van der Waals surface area contributed by atoms with Gasteiger partial charge in [-0.15, -0.1) is 0 Å². The van der Waals surface area contributed by atoms with Gasteiger partial charge >= 0.3 is 0 Å². The van der Waals surface area contributed by atoms with E-state index < -0.39 is 11.8 Å². The number of nitrogens with zero attached hydrogens (tertiary/aromatic N) is 4. The van der Waals surface area contributed by atoms with Gasteiger partial charge in [0.25, 0.3) is 0 Å². The van der Waals surface area contributed by atoms with Gasteiger partial charge in [0.15, 0.2) is 11.8 Å². The number of aliphatic imine (C=N–C) groups is 1. The predicted molar refractivity (Wildman–Crippen MR) is 120 cm³/mol. The second kappa shape index (κ2) is 8.73. The molecule has 0 amide bonds. The summed E-state index contributed by atoms with van der Waals surface area (Å²) < 4.78 is 2.07. The quantitative estimate of drug-likeness (QED) is 0.557. The lowest BCUT2D eigenvalue weighted by molar-refractivity contribution is 0.151. The van der Waals surface area contributed by atoms with Crippen LogP contribution >= 0.6 is 0 Å². The number of guanidine groups is 1. The fraction of sp³-hybridized carbons (Fsp3) is 0.591.